The van der Waals surface area contributed by atoms with Crippen LogP contribution in [0.2, 0.25) is 0 Å². The Balaban J connectivity index is 1.32. The summed E-state index contributed by atoms with van der Waals surface area (Å²) in [5, 5.41) is 10.8. The SMILES string of the molecule is O=C1C[C@@H](N2CCN(c3ccc([N+](=O)[O-])cc3)CC2)C(=O)N1CCc1ccccc1. The van der Waals surface area contributed by atoms with Crippen molar-refractivity contribution in [3.05, 3.63) is 70.3 Å². The third kappa shape index (κ3) is 4.18. The number of nitro benzene ring substituents is 1. The predicted molar refractivity (Wildman–Crippen MR) is 112 cm³/mol. The fourth-order valence-electron chi connectivity index (χ4n) is 4.15. The minimum atomic E-state index is -0.409. The minimum absolute atomic E-state index is 0.0723. The van der Waals surface area contributed by atoms with Gasteiger partial charge in [0, 0.05) is 50.5 Å². The Labute approximate surface area is 174 Å². The van der Waals surface area contributed by atoms with E-state index in [1.54, 1.807) is 12.1 Å². The van der Waals surface area contributed by atoms with Crippen LogP contribution >= 0.6 is 0 Å². The molecule has 2 saturated heterocycles. The fraction of sp³-hybridized carbons (Fsp3) is 0.364. The molecule has 2 aliphatic heterocycles. The molecular weight excluding hydrogens is 384 g/mol. The summed E-state index contributed by atoms with van der Waals surface area (Å²) in [5.41, 5.74) is 2.11. The van der Waals surface area contributed by atoms with Crippen molar-refractivity contribution in [1.29, 1.82) is 0 Å². The summed E-state index contributed by atoms with van der Waals surface area (Å²) in [6.07, 6.45) is 0.907. The first-order valence-corrected chi connectivity index (χ1v) is 10.1. The predicted octanol–water partition coefficient (Wildman–Crippen LogP) is 2.09. The second-order valence-corrected chi connectivity index (χ2v) is 7.64. The molecule has 1 atom stereocenters. The van der Waals surface area contributed by atoms with Gasteiger partial charge in [-0.25, -0.2) is 0 Å². The molecule has 0 saturated carbocycles. The molecule has 8 heteroatoms. The number of piperazine rings is 1. The van der Waals surface area contributed by atoms with Crippen LogP contribution in [0.25, 0.3) is 0 Å². The molecule has 30 heavy (non-hydrogen) atoms. The van der Waals surface area contributed by atoms with Crippen molar-refractivity contribution >= 4 is 23.2 Å². The van der Waals surface area contributed by atoms with Crippen LogP contribution in [0.3, 0.4) is 0 Å². The quantitative estimate of drug-likeness (QED) is 0.413. The molecule has 2 aromatic rings. The van der Waals surface area contributed by atoms with Gasteiger partial charge in [0.15, 0.2) is 0 Å². The normalized spacial score (nSPS) is 20.1. The van der Waals surface area contributed by atoms with Gasteiger partial charge < -0.3 is 4.90 Å². The zero-order chi connectivity index (χ0) is 21.1. The Hall–Kier alpha value is -3.26. The second kappa shape index (κ2) is 8.62. The van der Waals surface area contributed by atoms with E-state index in [1.165, 1.54) is 17.0 Å². The van der Waals surface area contributed by atoms with Crippen molar-refractivity contribution in [3.8, 4) is 0 Å². The molecule has 2 heterocycles. The van der Waals surface area contributed by atoms with Gasteiger partial charge in [0.05, 0.1) is 17.4 Å². The number of benzene rings is 2. The van der Waals surface area contributed by atoms with Gasteiger partial charge in [0.25, 0.3) is 5.69 Å². The van der Waals surface area contributed by atoms with E-state index in [-0.39, 0.29) is 30.0 Å². The van der Waals surface area contributed by atoms with Gasteiger partial charge in [-0.1, -0.05) is 30.3 Å². The zero-order valence-corrected chi connectivity index (χ0v) is 16.6. The van der Waals surface area contributed by atoms with E-state index >= 15 is 0 Å². The number of amides is 2. The molecule has 156 valence electrons. The van der Waals surface area contributed by atoms with Crippen molar-refractivity contribution in [2.45, 2.75) is 18.9 Å². The Morgan fingerprint density at radius 1 is 0.933 bits per heavy atom. The molecule has 0 unspecified atom stereocenters. The van der Waals surface area contributed by atoms with E-state index in [0.717, 1.165) is 11.3 Å². The standard InChI is InChI=1S/C22H24N4O4/c27-21-16-20(22(28)25(21)11-10-17-4-2-1-3-5-17)24-14-12-23(13-15-24)18-6-8-19(9-7-18)26(29)30/h1-9,20H,10-16H2/t20-/m1/s1. The van der Waals surface area contributed by atoms with E-state index in [4.69, 9.17) is 0 Å². The molecular formula is C22H24N4O4. The third-order valence-corrected chi connectivity index (χ3v) is 5.87. The van der Waals surface area contributed by atoms with E-state index in [9.17, 15) is 19.7 Å². The average Bonchev–Trinajstić information content (AvgIpc) is 3.06. The molecule has 0 spiro atoms. The second-order valence-electron chi connectivity index (χ2n) is 7.64. The first kappa shape index (κ1) is 20.0. The van der Waals surface area contributed by atoms with E-state index in [2.05, 4.69) is 9.80 Å². The number of nitro groups is 1. The summed E-state index contributed by atoms with van der Waals surface area (Å²) in [6, 6.07) is 16.0. The van der Waals surface area contributed by atoms with E-state index in [1.807, 2.05) is 30.3 Å². The highest BCUT2D eigenvalue weighted by Gasteiger charge is 2.42. The first-order valence-electron chi connectivity index (χ1n) is 10.1. The summed E-state index contributed by atoms with van der Waals surface area (Å²) in [5.74, 6) is -0.196. The van der Waals surface area contributed by atoms with Gasteiger partial charge in [0.2, 0.25) is 11.8 Å². The summed E-state index contributed by atoms with van der Waals surface area (Å²) >= 11 is 0. The number of anilines is 1. The fourth-order valence-corrected chi connectivity index (χ4v) is 4.15. The van der Waals surface area contributed by atoms with Gasteiger partial charge in [-0.05, 0) is 24.1 Å². The van der Waals surface area contributed by atoms with Crippen molar-refractivity contribution in [2.75, 3.05) is 37.6 Å². The number of likely N-dealkylation sites (tertiary alicyclic amines) is 1. The lowest BCUT2D eigenvalue weighted by atomic mass is 10.1. The average molecular weight is 408 g/mol. The van der Waals surface area contributed by atoms with Crippen LogP contribution < -0.4 is 4.90 Å². The Kier molecular flexibility index (Phi) is 5.76. The lowest BCUT2D eigenvalue weighted by Crippen LogP contribution is -2.52. The molecule has 4 rings (SSSR count). The lowest BCUT2D eigenvalue weighted by molar-refractivity contribution is -0.384. The molecule has 2 aromatic carbocycles. The Morgan fingerprint density at radius 2 is 1.60 bits per heavy atom. The maximum absolute atomic E-state index is 12.9. The summed E-state index contributed by atoms with van der Waals surface area (Å²) in [7, 11) is 0. The van der Waals surface area contributed by atoms with Crippen molar-refractivity contribution in [3.63, 3.8) is 0 Å². The molecule has 0 aliphatic carbocycles. The monoisotopic (exact) mass is 408 g/mol. The number of carbonyl (C=O) groups excluding carboxylic acids is 2. The van der Waals surface area contributed by atoms with Gasteiger partial charge >= 0.3 is 0 Å². The third-order valence-electron chi connectivity index (χ3n) is 5.87. The molecule has 0 radical (unpaired) electrons. The highest BCUT2D eigenvalue weighted by Crippen LogP contribution is 2.24. The Morgan fingerprint density at radius 3 is 2.23 bits per heavy atom. The Bertz CT molecular complexity index is 924. The van der Waals surface area contributed by atoms with Gasteiger partial charge in [-0.3, -0.25) is 29.5 Å². The maximum Gasteiger partial charge on any atom is 0.269 e. The highest BCUT2D eigenvalue weighted by atomic mass is 16.6. The van der Waals surface area contributed by atoms with Gasteiger partial charge in [0.1, 0.15) is 0 Å². The zero-order valence-electron chi connectivity index (χ0n) is 16.6. The van der Waals surface area contributed by atoms with Crippen LogP contribution in [-0.4, -0.2) is 65.3 Å². The number of carbonyl (C=O) groups is 2. The summed E-state index contributed by atoms with van der Waals surface area (Å²) in [6.45, 7) is 3.18. The molecule has 0 N–H and O–H groups in total. The summed E-state index contributed by atoms with van der Waals surface area (Å²) < 4.78 is 0. The van der Waals surface area contributed by atoms with E-state index < -0.39 is 4.92 Å². The van der Waals surface area contributed by atoms with Crippen LogP contribution in [0.4, 0.5) is 11.4 Å². The number of hydrogen-bond donors (Lipinski definition) is 0. The molecule has 2 fully saturated rings. The van der Waals surface area contributed by atoms with Crippen molar-refractivity contribution in [1.82, 2.24) is 9.80 Å². The van der Waals surface area contributed by atoms with Crippen LogP contribution in [-0.2, 0) is 16.0 Å². The highest BCUT2D eigenvalue weighted by molar-refractivity contribution is 6.05. The van der Waals surface area contributed by atoms with Crippen LogP contribution in [0.5, 0.6) is 0 Å². The topological polar surface area (TPSA) is 87.0 Å². The van der Waals surface area contributed by atoms with Crippen LogP contribution in [0.1, 0.15) is 12.0 Å². The number of nitrogens with zero attached hydrogens (tertiary/aromatic N) is 4. The number of imide groups is 1. The lowest BCUT2D eigenvalue weighted by Gasteiger charge is -2.38. The molecule has 0 aromatic heterocycles. The number of non-ortho nitro benzene ring substituents is 1. The van der Waals surface area contributed by atoms with Crippen LogP contribution in [0, 0.1) is 10.1 Å². The minimum Gasteiger partial charge on any atom is -0.369 e. The first-order chi connectivity index (χ1) is 14.5. The van der Waals surface area contributed by atoms with Gasteiger partial charge in [-0.2, -0.15) is 0 Å². The smallest absolute Gasteiger partial charge is 0.269 e. The number of rotatable bonds is 6. The maximum atomic E-state index is 12.9. The molecule has 8 nitrogen and oxygen atoms in total. The van der Waals surface area contributed by atoms with Gasteiger partial charge in [-0.15, -0.1) is 0 Å². The number of hydrogen-bond acceptors (Lipinski definition) is 6. The van der Waals surface area contributed by atoms with E-state index in [0.29, 0.717) is 39.1 Å². The van der Waals surface area contributed by atoms with Crippen molar-refractivity contribution in [2.24, 2.45) is 0 Å². The molecule has 0 bridgehead atoms. The summed E-state index contributed by atoms with van der Waals surface area (Å²) in [4.78, 5) is 41.4. The largest absolute Gasteiger partial charge is 0.369 e. The molecule has 2 aliphatic rings. The van der Waals surface area contributed by atoms with Crippen molar-refractivity contribution < 1.29 is 14.5 Å². The molecule has 2 amide bonds. The van der Waals surface area contributed by atoms with Crippen LogP contribution in [0.15, 0.2) is 54.6 Å².